The van der Waals surface area contributed by atoms with E-state index < -0.39 is 0 Å². The van der Waals surface area contributed by atoms with Gasteiger partial charge in [-0.25, -0.2) is 18.1 Å². The molecular formula is C55H47Br2N13. The summed E-state index contributed by atoms with van der Waals surface area (Å²) in [5.74, 6) is 6.90. The minimum absolute atomic E-state index is 0.137. The van der Waals surface area contributed by atoms with E-state index in [9.17, 15) is 0 Å². The van der Waals surface area contributed by atoms with Crippen LogP contribution in [-0.2, 0) is 7.05 Å². The number of nitrogens with zero attached hydrogens (tertiary/aromatic N) is 13. The maximum atomic E-state index is 9.09. The summed E-state index contributed by atoms with van der Waals surface area (Å²) in [6.45, 7) is 0. The monoisotopic (exact) mass is 1050 g/mol. The van der Waals surface area contributed by atoms with Gasteiger partial charge >= 0.3 is 0 Å². The van der Waals surface area contributed by atoms with Crippen LogP contribution >= 0.6 is 31.9 Å². The van der Waals surface area contributed by atoms with Crippen molar-refractivity contribution >= 4 is 70.6 Å². The molecule has 0 saturated carbocycles. The van der Waals surface area contributed by atoms with Crippen LogP contribution in [0.15, 0.2) is 150 Å². The number of nitriles is 3. The Morgan fingerprint density at radius 3 is 1.56 bits per heavy atom. The van der Waals surface area contributed by atoms with Gasteiger partial charge in [0.1, 0.15) is 0 Å². The van der Waals surface area contributed by atoms with E-state index in [1.807, 2.05) is 117 Å². The molecule has 70 heavy (non-hydrogen) atoms. The molecule has 0 aromatic carbocycles. The first-order valence-corrected chi connectivity index (χ1v) is 24.7. The Morgan fingerprint density at radius 1 is 0.514 bits per heavy atom. The molecule has 3 aliphatic carbocycles. The van der Waals surface area contributed by atoms with E-state index in [1.54, 1.807) is 17.1 Å². The normalized spacial score (nSPS) is 17.4. The van der Waals surface area contributed by atoms with Gasteiger partial charge in [-0.1, -0.05) is 48.3 Å². The number of allylic oxidation sites excluding steroid dienone is 6. The number of hydrogen-bond donors (Lipinski definition) is 0. The predicted molar refractivity (Wildman–Crippen MR) is 278 cm³/mol. The Morgan fingerprint density at radius 2 is 1.01 bits per heavy atom. The molecule has 9 aromatic rings. The second-order valence-corrected chi connectivity index (χ2v) is 18.9. The molecule has 0 saturated heterocycles. The van der Waals surface area contributed by atoms with Gasteiger partial charge < -0.3 is 0 Å². The van der Waals surface area contributed by atoms with E-state index in [-0.39, 0.29) is 17.8 Å². The van der Waals surface area contributed by atoms with Crippen LogP contribution in [0.3, 0.4) is 0 Å². The second kappa shape index (κ2) is 22.1. The van der Waals surface area contributed by atoms with Gasteiger partial charge in [0.25, 0.3) is 0 Å². The molecule has 0 amide bonds. The van der Waals surface area contributed by atoms with Crippen molar-refractivity contribution in [1.82, 2.24) is 48.2 Å². The fourth-order valence-corrected chi connectivity index (χ4v) is 9.97. The summed E-state index contributed by atoms with van der Waals surface area (Å²) in [5.41, 5.74) is 13.8. The van der Waals surface area contributed by atoms with Crippen LogP contribution in [-0.4, -0.2) is 48.2 Å². The molecule has 0 aliphatic heterocycles. The van der Waals surface area contributed by atoms with Crippen molar-refractivity contribution in [1.29, 1.82) is 15.8 Å². The van der Waals surface area contributed by atoms with Gasteiger partial charge in [-0.2, -0.15) is 41.3 Å². The zero-order chi connectivity index (χ0) is 48.4. The molecule has 0 N–H and O–H groups in total. The third-order valence-electron chi connectivity index (χ3n) is 12.7. The SMILES string of the molecule is Brc1cccn2nccc12.Cn1cc(C#Cc2cnn3cccc(C4=CCC(C#N)CC4)c23)cn1.N#CC1CC=C(c2cccn3ncc(Br)c23)CC1.N#CC1CC=C(c2cccn3nccc23)CC1. The van der Waals surface area contributed by atoms with Crippen molar-refractivity contribution in [3.63, 3.8) is 0 Å². The molecule has 3 unspecified atom stereocenters. The highest BCUT2D eigenvalue weighted by atomic mass is 79.9. The van der Waals surface area contributed by atoms with Crippen molar-refractivity contribution < 1.29 is 0 Å². The van der Waals surface area contributed by atoms with Crippen molar-refractivity contribution in [2.75, 3.05) is 0 Å². The van der Waals surface area contributed by atoms with Gasteiger partial charge in [0.05, 0.1) is 98.4 Å². The van der Waals surface area contributed by atoms with Gasteiger partial charge in [-0.05, 0) is 149 Å². The van der Waals surface area contributed by atoms with Crippen molar-refractivity contribution in [3.05, 3.63) is 178 Å². The molecule has 13 nitrogen and oxygen atoms in total. The average molecular weight is 1050 g/mol. The van der Waals surface area contributed by atoms with Gasteiger partial charge in [0.15, 0.2) is 0 Å². The largest absolute Gasteiger partial charge is 0.275 e. The van der Waals surface area contributed by atoms with Crippen LogP contribution in [0.25, 0.3) is 38.8 Å². The third-order valence-corrected chi connectivity index (χ3v) is 14.0. The summed E-state index contributed by atoms with van der Waals surface area (Å²) < 4.78 is 11.3. The molecule has 9 heterocycles. The lowest BCUT2D eigenvalue weighted by molar-refractivity contribution is 0.604. The highest BCUT2D eigenvalue weighted by Crippen LogP contribution is 2.36. The molecule has 12 rings (SSSR count). The Hall–Kier alpha value is -7.82. The minimum Gasteiger partial charge on any atom is -0.275 e. The first-order valence-electron chi connectivity index (χ1n) is 23.2. The van der Waals surface area contributed by atoms with Crippen molar-refractivity contribution in [3.8, 4) is 30.0 Å². The Bertz CT molecular complexity index is 3620. The van der Waals surface area contributed by atoms with Gasteiger partial charge in [-0.3, -0.25) is 4.68 Å². The first-order chi connectivity index (χ1) is 34.3. The summed E-state index contributed by atoms with van der Waals surface area (Å²) in [6.07, 6.45) is 33.5. The third kappa shape index (κ3) is 10.7. The summed E-state index contributed by atoms with van der Waals surface area (Å²) in [7, 11) is 1.88. The van der Waals surface area contributed by atoms with Crippen LogP contribution in [0, 0.1) is 63.6 Å². The summed E-state index contributed by atoms with van der Waals surface area (Å²) in [4.78, 5) is 0. The molecule has 3 atom stereocenters. The van der Waals surface area contributed by atoms with Gasteiger partial charge in [-0.15, -0.1) is 0 Å². The summed E-state index contributed by atoms with van der Waals surface area (Å²) >= 11 is 6.96. The van der Waals surface area contributed by atoms with Crippen molar-refractivity contribution in [2.45, 2.75) is 57.8 Å². The maximum absolute atomic E-state index is 9.09. The topological polar surface area (TPSA) is 158 Å². The lowest BCUT2D eigenvalue weighted by atomic mass is 9.87. The molecule has 0 bridgehead atoms. The van der Waals surface area contributed by atoms with Crippen LogP contribution in [0.4, 0.5) is 0 Å². The number of aryl methyl sites for hydroxylation is 1. The Balaban J connectivity index is 0.000000121. The zero-order valence-corrected chi connectivity index (χ0v) is 41.6. The molecule has 0 fully saturated rings. The number of halogens is 2. The van der Waals surface area contributed by atoms with Crippen molar-refractivity contribution in [2.24, 2.45) is 24.8 Å². The van der Waals surface area contributed by atoms with Gasteiger partial charge in [0.2, 0.25) is 0 Å². The predicted octanol–water partition coefficient (Wildman–Crippen LogP) is 12.1. The van der Waals surface area contributed by atoms with Crippen LogP contribution in [0.2, 0.25) is 0 Å². The summed E-state index contributed by atoms with van der Waals surface area (Å²) in [5, 5.41) is 48.1. The Kier molecular flexibility index (Phi) is 14.9. The lowest BCUT2D eigenvalue weighted by Gasteiger charge is -2.17. The number of aromatic nitrogens is 10. The highest BCUT2D eigenvalue weighted by Gasteiger charge is 2.20. The molecular weight excluding hydrogens is 1000 g/mol. The number of pyridine rings is 4. The standard InChI is InChI=1S/C20H17N5.C14H12BrN3.C14H13N3.C7H5BrN2/c1-24-14-16(12-22-24)6-9-18-13-23-25-10-2-3-19(20(18)25)17-7-4-15(11-21)5-8-17;15-13-9-17-18-7-1-2-12(14(13)18)11-5-3-10(8-16)4-6-11;15-10-11-3-5-12(6-4-11)13-2-1-9-17-14(13)7-8-16-17;8-6-2-1-5-10-7(6)3-4-9-10/h2-3,7,10,12-15H,4-5,8H2,1H3;1-2,5,7,9-10H,3-4,6H2;1-2,5,7-9,11H,3-4,6H2;1-5H. The van der Waals surface area contributed by atoms with E-state index in [0.29, 0.717) is 0 Å². The molecule has 0 radical (unpaired) electrons. The van der Waals surface area contributed by atoms with E-state index >= 15 is 0 Å². The Labute approximate surface area is 422 Å². The quantitative estimate of drug-likeness (QED) is 0.158. The van der Waals surface area contributed by atoms with E-state index in [2.05, 4.69) is 124 Å². The smallest absolute Gasteiger partial charge is 0.0893 e. The van der Waals surface area contributed by atoms with E-state index in [1.165, 1.54) is 27.8 Å². The first kappa shape index (κ1) is 47.3. The fourth-order valence-electron chi connectivity index (χ4n) is 9.01. The number of fused-ring (bicyclic) bond motifs is 4. The fraction of sp³-hybridized carbons (Fsp3) is 0.236. The second-order valence-electron chi connectivity index (χ2n) is 17.2. The average Bonchev–Trinajstić information content (AvgIpc) is 4.29. The molecule has 15 heteroatoms. The minimum atomic E-state index is 0.137. The lowest BCUT2D eigenvalue weighted by Crippen LogP contribution is -2.04. The zero-order valence-electron chi connectivity index (χ0n) is 38.4. The molecule has 3 aliphatic rings. The number of rotatable bonds is 3. The van der Waals surface area contributed by atoms with E-state index in [0.717, 1.165) is 105 Å². The van der Waals surface area contributed by atoms with Gasteiger partial charge in [0, 0.05) is 65.4 Å². The molecule has 0 spiro atoms. The van der Waals surface area contributed by atoms with Crippen LogP contribution in [0.5, 0.6) is 0 Å². The van der Waals surface area contributed by atoms with Crippen LogP contribution in [0.1, 0.15) is 85.6 Å². The summed E-state index contributed by atoms with van der Waals surface area (Å²) in [6, 6.07) is 27.4. The number of hydrogen-bond acceptors (Lipinski definition) is 8. The molecule has 346 valence electrons. The van der Waals surface area contributed by atoms with E-state index in [4.69, 9.17) is 15.8 Å². The molecule has 9 aromatic heterocycles. The maximum Gasteiger partial charge on any atom is 0.0893 e. The highest BCUT2D eigenvalue weighted by molar-refractivity contribution is 9.11. The van der Waals surface area contributed by atoms with Crippen LogP contribution < -0.4 is 0 Å².